The normalized spacial score (nSPS) is 10.3. The highest BCUT2D eigenvalue weighted by Gasteiger charge is 1.95. The molecule has 0 fully saturated rings. The summed E-state index contributed by atoms with van der Waals surface area (Å²) in [7, 11) is 0. The van der Waals surface area contributed by atoms with Gasteiger partial charge in [-0.25, -0.2) is 9.97 Å². The van der Waals surface area contributed by atoms with Gasteiger partial charge in [0.2, 0.25) is 0 Å². The predicted molar refractivity (Wildman–Crippen MR) is 114 cm³/mol. The van der Waals surface area contributed by atoms with Crippen LogP contribution in [0.25, 0.3) is 0 Å². The van der Waals surface area contributed by atoms with Gasteiger partial charge in [0.05, 0.1) is 12.7 Å². The Balaban J connectivity index is 0.00000312. The van der Waals surface area contributed by atoms with E-state index in [1.165, 1.54) is 77.0 Å². The quantitative estimate of drug-likeness (QED) is 0.327. The first kappa shape index (κ1) is 25.0. The summed E-state index contributed by atoms with van der Waals surface area (Å²) < 4.78 is 4.35. The average Bonchev–Trinajstić information content (AvgIpc) is 3.28. The second-order valence-electron chi connectivity index (χ2n) is 6.84. The molecule has 0 saturated heterocycles. The van der Waals surface area contributed by atoms with Crippen LogP contribution in [0.5, 0.6) is 0 Å². The van der Waals surface area contributed by atoms with Gasteiger partial charge < -0.3 is 9.13 Å². The summed E-state index contributed by atoms with van der Waals surface area (Å²) in [5.74, 6) is 0. The number of aryl methyl sites for hydroxylation is 2. The van der Waals surface area contributed by atoms with E-state index in [0.29, 0.717) is 0 Å². The fourth-order valence-electron chi connectivity index (χ4n) is 3.19. The zero-order valence-corrected chi connectivity index (χ0v) is 17.6. The number of hydrogen-bond donors (Lipinski definition) is 0. The molecule has 0 radical (unpaired) electrons. The van der Waals surface area contributed by atoms with Crippen molar-refractivity contribution in [3.8, 4) is 0 Å². The SMILES string of the molecule is Cl.Cl.c1cn(CCCCCCCCCCCCCCn2ccnc2)cn1. The molecule has 0 spiro atoms. The van der Waals surface area contributed by atoms with Gasteiger partial charge in [0.25, 0.3) is 0 Å². The van der Waals surface area contributed by atoms with Crippen LogP contribution in [0.2, 0.25) is 0 Å². The van der Waals surface area contributed by atoms with Crippen LogP contribution in [-0.4, -0.2) is 19.1 Å². The topological polar surface area (TPSA) is 35.6 Å². The largest absolute Gasteiger partial charge is 0.337 e. The molecule has 4 nitrogen and oxygen atoms in total. The van der Waals surface area contributed by atoms with Crippen molar-refractivity contribution < 1.29 is 0 Å². The lowest BCUT2D eigenvalue weighted by Crippen LogP contribution is -1.94. The van der Waals surface area contributed by atoms with E-state index in [9.17, 15) is 0 Å². The molecular weight excluding hydrogens is 367 g/mol. The van der Waals surface area contributed by atoms with Gasteiger partial charge in [-0.3, -0.25) is 0 Å². The highest BCUT2D eigenvalue weighted by Crippen LogP contribution is 2.12. The average molecular weight is 403 g/mol. The number of aromatic nitrogens is 4. The maximum absolute atomic E-state index is 4.07. The number of imidazole rings is 2. The zero-order valence-electron chi connectivity index (χ0n) is 16.0. The summed E-state index contributed by atoms with van der Waals surface area (Å²) in [6.45, 7) is 2.25. The molecule has 0 N–H and O–H groups in total. The Labute approximate surface area is 171 Å². The number of nitrogens with zero attached hydrogens (tertiary/aromatic N) is 4. The maximum atomic E-state index is 4.07. The van der Waals surface area contributed by atoms with Crippen molar-refractivity contribution in [3.05, 3.63) is 37.4 Å². The molecule has 2 aromatic rings. The van der Waals surface area contributed by atoms with E-state index in [4.69, 9.17) is 0 Å². The third-order valence-corrected chi connectivity index (χ3v) is 4.70. The molecule has 2 heterocycles. The summed E-state index contributed by atoms with van der Waals surface area (Å²) in [5.41, 5.74) is 0. The highest BCUT2D eigenvalue weighted by atomic mass is 35.5. The van der Waals surface area contributed by atoms with Gasteiger partial charge in [-0.15, -0.1) is 24.8 Å². The van der Waals surface area contributed by atoms with Gasteiger partial charge in [0.1, 0.15) is 0 Å². The molecule has 0 amide bonds. The Morgan fingerprint density at radius 2 is 0.769 bits per heavy atom. The molecule has 26 heavy (non-hydrogen) atoms. The van der Waals surface area contributed by atoms with Crippen LogP contribution in [0.4, 0.5) is 0 Å². The zero-order chi connectivity index (χ0) is 16.7. The summed E-state index contributed by atoms with van der Waals surface area (Å²) >= 11 is 0. The van der Waals surface area contributed by atoms with Gasteiger partial charge in [-0.2, -0.15) is 0 Å². The van der Waals surface area contributed by atoms with Crippen molar-refractivity contribution in [1.82, 2.24) is 19.1 Å². The van der Waals surface area contributed by atoms with Gasteiger partial charge in [0, 0.05) is 37.9 Å². The third kappa shape index (κ3) is 12.4. The molecule has 0 unspecified atom stereocenters. The number of halogens is 2. The van der Waals surface area contributed by atoms with Gasteiger partial charge >= 0.3 is 0 Å². The first-order valence-corrected chi connectivity index (χ1v) is 9.86. The summed E-state index contributed by atoms with van der Waals surface area (Å²) in [6, 6.07) is 0. The number of hydrogen-bond acceptors (Lipinski definition) is 2. The van der Waals surface area contributed by atoms with Crippen molar-refractivity contribution in [2.75, 3.05) is 0 Å². The highest BCUT2D eigenvalue weighted by molar-refractivity contribution is 5.85. The van der Waals surface area contributed by atoms with Crippen LogP contribution in [0.3, 0.4) is 0 Å². The second-order valence-corrected chi connectivity index (χ2v) is 6.84. The van der Waals surface area contributed by atoms with Crippen LogP contribution in [0, 0.1) is 0 Å². The fraction of sp³-hybridized carbons (Fsp3) is 0.700. The Morgan fingerprint density at radius 3 is 1.04 bits per heavy atom. The minimum Gasteiger partial charge on any atom is -0.337 e. The van der Waals surface area contributed by atoms with Crippen LogP contribution >= 0.6 is 24.8 Å². The van der Waals surface area contributed by atoms with E-state index in [0.717, 1.165) is 13.1 Å². The van der Waals surface area contributed by atoms with Gasteiger partial charge in [0.15, 0.2) is 0 Å². The van der Waals surface area contributed by atoms with Crippen molar-refractivity contribution in [1.29, 1.82) is 0 Å². The summed E-state index contributed by atoms with van der Waals surface area (Å²) in [5, 5.41) is 0. The minimum atomic E-state index is 0. The molecule has 2 aromatic heterocycles. The van der Waals surface area contributed by atoms with Crippen molar-refractivity contribution in [2.24, 2.45) is 0 Å². The molecule has 6 heteroatoms. The van der Waals surface area contributed by atoms with E-state index >= 15 is 0 Å². The molecule has 0 atom stereocenters. The lowest BCUT2D eigenvalue weighted by atomic mass is 10.1. The van der Waals surface area contributed by atoms with Crippen LogP contribution in [0.15, 0.2) is 37.4 Å². The van der Waals surface area contributed by atoms with Crippen LogP contribution < -0.4 is 0 Å². The smallest absolute Gasteiger partial charge is 0.0945 e. The molecular formula is C20H36Cl2N4. The minimum absolute atomic E-state index is 0. The van der Waals surface area contributed by atoms with Gasteiger partial charge in [-0.1, -0.05) is 64.2 Å². The van der Waals surface area contributed by atoms with E-state index < -0.39 is 0 Å². The fourth-order valence-corrected chi connectivity index (χ4v) is 3.19. The Morgan fingerprint density at radius 1 is 0.462 bits per heavy atom. The van der Waals surface area contributed by atoms with E-state index in [2.05, 4.69) is 31.5 Å². The Hall–Kier alpha value is -1.00. The molecule has 150 valence electrons. The second kappa shape index (κ2) is 17.4. The Kier molecular flexibility index (Phi) is 16.7. The molecule has 0 aliphatic carbocycles. The monoisotopic (exact) mass is 402 g/mol. The first-order chi connectivity index (χ1) is 11.9. The lowest BCUT2D eigenvalue weighted by molar-refractivity contribution is 0.519. The summed E-state index contributed by atoms with van der Waals surface area (Å²) in [6.07, 6.45) is 28.2. The first-order valence-electron chi connectivity index (χ1n) is 9.86. The summed E-state index contributed by atoms with van der Waals surface area (Å²) in [4.78, 5) is 8.15. The van der Waals surface area contributed by atoms with E-state index in [-0.39, 0.29) is 24.8 Å². The maximum Gasteiger partial charge on any atom is 0.0945 e. The predicted octanol–water partition coefficient (Wildman–Crippen LogP) is 6.30. The van der Waals surface area contributed by atoms with Crippen molar-refractivity contribution in [2.45, 2.75) is 90.1 Å². The molecule has 0 saturated carbocycles. The lowest BCUT2D eigenvalue weighted by Gasteiger charge is -2.04. The van der Waals surface area contributed by atoms with Crippen LogP contribution in [0.1, 0.15) is 77.0 Å². The Bertz CT molecular complexity index is 440. The van der Waals surface area contributed by atoms with Crippen LogP contribution in [-0.2, 0) is 13.1 Å². The number of unbranched alkanes of at least 4 members (excludes halogenated alkanes) is 11. The third-order valence-electron chi connectivity index (χ3n) is 4.70. The molecule has 0 aliphatic rings. The van der Waals surface area contributed by atoms with E-state index in [1.54, 1.807) is 0 Å². The van der Waals surface area contributed by atoms with Crippen molar-refractivity contribution >= 4 is 24.8 Å². The number of rotatable bonds is 15. The molecule has 0 bridgehead atoms. The standard InChI is InChI=1S/C20H34N4.2ClH/c1(3-5-7-9-11-15-23-17-13-21-19-23)2-4-6-8-10-12-16-24-18-14-22-20-24;;/h13-14,17-20H,1-12,15-16H2;2*1H. The van der Waals surface area contributed by atoms with E-state index in [1.807, 2.05) is 25.0 Å². The van der Waals surface area contributed by atoms with Crippen molar-refractivity contribution in [3.63, 3.8) is 0 Å². The molecule has 0 aliphatic heterocycles. The van der Waals surface area contributed by atoms with Gasteiger partial charge in [-0.05, 0) is 12.8 Å². The molecule has 0 aromatic carbocycles. The molecule has 2 rings (SSSR count).